The predicted octanol–water partition coefficient (Wildman–Crippen LogP) is 4.32. The van der Waals surface area contributed by atoms with E-state index in [0.717, 1.165) is 12.0 Å². The van der Waals surface area contributed by atoms with Gasteiger partial charge in [0.1, 0.15) is 12.6 Å². The average molecular weight is 349 g/mol. The van der Waals surface area contributed by atoms with Crippen LogP contribution < -0.4 is 0 Å². The number of rotatable bonds is 4. The highest BCUT2D eigenvalue weighted by Gasteiger charge is 2.63. The van der Waals surface area contributed by atoms with E-state index in [9.17, 15) is 9.59 Å². The number of nitrogens with zero attached hydrogens (tertiary/aromatic N) is 1. The van der Waals surface area contributed by atoms with Crippen LogP contribution in [0, 0.1) is 11.8 Å². The van der Waals surface area contributed by atoms with Crippen LogP contribution in [0.5, 0.6) is 0 Å². The Morgan fingerprint density at radius 1 is 1.08 bits per heavy atom. The Kier molecular flexibility index (Phi) is 4.06. The molecule has 1 heterocycles. The zero-order chi connectivity index (χ0) is 18.3. The zero-order valence-corrected chi connectivity index (χ0v) is 15.1. The van der Waals surface area contributed by atoms with E-state index in [0.29, 0.717) is 5.92 Å². The lowest BCUT2D eigenvalue weighted by molar-refractivity contribution is -0.131. The summed E-state index contributed by atoms with van der Waals surface area (Å²) in [4.78, 5) is 27.0. The van der Waals surface area contributed by atoms with Gasteiger partial charge in [-0.1, -0.05) is 74.5 Å². The molecule has 0 unspecified atom stereocenters. The molecule has 0 bridgehead atoms. The third kappa shape index (κ3) is 2.52. The number of benzene rings is 2. The summed E-state index contributed by atoms with van der Waals surface area (Å²) in [5.41, 5.74) is 1.92. The third-order valence-electron chi connectivity index (χ3n) is 5.94. The van der Waals surface area contributed by atoms with E-state index in [1.54, 1.807) is 0 Å². The highest BCUT2D eigenvalue weighted by molar-refractivity contribution is 5.97. The van der Waals surface area contributed by atoms with Crippen molar-refractivity contribution in [3.63, 3.8) is 0 Å². The summed E-state index contributed by atoms with van der Waals surface area (Å²) < 4.78 is 5.23. The van der Waals surface area contributed by atoms with Crippen LogP contribution in [0.15, 0.2) is 60.7 Å². The molecule has 1 aliphatic heterocycles. The van der Waals surface area contributed by atoms with Crippen molar-refractivity contribution in [2.24, 2.45) is 11.8 Å². The summed E-state index contributed by atoms with van der Waals surface area (Å²) in [6.45, 7) is 4.52. The molecule has 3 atom stereocenters. The number of carbonyl (C=O) groups excluding carboxylic acids is 2. The Bertz CT molecular complexity index is 818. The Morgan fingerprint density at radius 2 is 1.69 bits per heavy atom. The lowest BCUT2D eigenvalue weighted by atomic mass is 9.82. The van der Waals surface area contributed by atoms with Gasteiger partial charge in [-0.15, -0.1) is 0 Å². The van der Waals surface area contributed by atoms with Gasteiger partial charge in [0, 0.05) is 11.3 Å². The van der Waals surface area contributed by atoms with Crippen molar-refractivity contribution in [3.8, 4) is 0 Å². The smallest absolute Gasteiger partial charge is 0.417 e. The molecule has 0 spiro atoms. The van der Waals surface area contributed by atoms with Crippen LogP contribution in [0.1, 0.15) is 37.4 Å². The van der Waals surface area contributed by atoms with Gasteiger partial charge in [-0.25, -0.2) is 9.69 Å². The molecule has 0 radical (unpaired) electrons. The molecule has 4 rings (SSSR count). The number of imide groups is 1. The van der Waals surface area contributed by atoms with Crippen LogP contribution in [-0.2, 0) is 14.9 Å². The minimum Gasteiger partial charge on any atom is -0.446 e. The summed E-state index contributed by atoms with van der Waals surface area (Å²) >= 11 is 0. The van der Waals surface area contributed by atoms with Gasteiger partial charge in [0.2, 0.25) is 5.91 Å². The number of hydrogen-bond acceptors (Lipinski definition) is 3. The fraction of sp³-hybridized carbons (Fsp3) is 0.364. The molecular weight excluding hydrogens is 326 g/mol. The van der Waals surface area contributed by atoms with Gasteiger partial charge in [0.15, 0.2) is 0 Å². The Balaban J connectivity index is 1.64. The number of carbonyl (C=O) groups is 2. The molecule has 0 aromatic heterocycles. The van der Waals surface area contributed by atoms with Crippen LogP contribution >= 0.6 is 0 Å². The molecule has 2 amide bonds. The quantitative estimate of drug-likeness (QED) is 0.826. The number of amides is 2. The van der Waals surface area contributed by atoms with Crippen molar-refractivity contribution in [2.45, 2.75) is 31.7 Å². The van der Waals surface area contributed by atoms with E-state index in [2.05, 4.69) is 26.0 Å². The van der Waals surface area contributed by atoms with E-state index in [4.69, 9.17) is 4.74 Å². The van der Waals surface area contributed by atoms with Crippen LogP contribution in [0.4, 0.5) is 4.79 Å². The molecular formula is C22H23NO3. The maximum Gasteiger partial charge on any atom is 0.417 e. The minimum absolute atomic E-state index is 0.112. The molecule has 0 N–H and O–H groups in total. The standard InChI is InChI=1S/C22H23NO3/c1-15(2)22(17-11-7-4-8-12-17)13-18(22)20(24)23-19(14-26-21(23)25)16-9-5-3-6-10-16/h3-12,15,18-19H,13-14H2,1-2H3/t18-,19-,22+/m1/s1. The molecule has 4 heteroatoms. The Labute approximate surface area is 153 Å². The van der Waals surface area contributed by atoms with Crippen molar-refractivity contribution in [3.05, 3.63) is 71.8 Å². The van der Waals surface area contributed by atoms with E-state index in [1.807, 2.05) is 48.5 Å². The van der Waals surface area contributed by atoms with Gasteiger partial charge in [-0.2, -0.15) is 0 Å². The average Bonchev–Trinajstić information content (AvgIpc) is 3.33. The third-order valence-corrected chi connectivity index (χ3v) is 5.94. The first kappa shape index (κ1) is 16.8. The Morgan fingerprint density at radius 3 is 2.31 bits per heavy atom. The summed E-state index contributed by atoms with van der Waals surface area (Å²) in [6, 6.07) is 19.5. The number of ether oxygens (including phenoxy) is 1. The van der Waals surface area contributed by atoms with Crippen molar-refractivity contribution in [1.29, 1.82) is 0 Å². The second-order valence-electron chi connectivity index (χ2n) is 7.53. The maximum absolute atomic E-state index is 13.3. The molecule has 4 nitrogen and oxygen atoms in total. The predicted molar refractivity (Wildman–Crippen MR) is 98.4 cm³/mol. The van der Waals surface area contributed by atoms with Gasteiger partial charge in [0.05, 0.1) is 0 Å². The molecule has 26 heavy (non-hydrogen) atoms. The fourth-order valence-electron chi connectivity index (χ4n) is 4.38. The van der Waals surface area contributed by atoms with E-state index < -0.39 is 6.09 Å². The first-order valence-corrected chi connectivity index (χ1v) is 9.16. The van der Waals surface area contributed by atoms with Gasteiger partial charge in [0.25, 0.3) is 0 Å². The van der Waals surface area contributed by atoms with E-state index >= 15 is 0 Å². The van der Waals surface area contributed by atoms with E-state index in [1.165, 1.54) is 10.5 Å². The van der Waals surface area contributed by atoms with Gasteiger partial charge in [-0.05, 0) is 23.5 Å². The van der Waals surface area contributed by atoms with Crippen molar-refractivity contribution >= 4 is 12.0 Å². The molecule has 134 valence electrons. The van der Waals surface area contributed by atoms with E-state index in [-0.39, 0.29) is 29.9 Å². The summed E-state index contributed by atoms with van der Waals surface area (Å²) in [5.74, 6) is 0.0216. The summed E-state index contributed by atoms with van der Waals surface area (Å²) in [6.07, 6.45) is 0.250. The van der Waals surface area contributed by atoms with Crippen molar-refractivity contribution in [2.75, 3.05) is 6.61 Å². The van der Waals surface area contributed by atoms with Crippen molar-refractivity contribution < 1.29 is 14.3 Å². The van der Waals surface area contributed by atoms with Crippen LogP contribution in [0.2, 0.25) is 0 Å². The molecule has 1 saturated heterocycles. The number of hydrogen-bond donors (Lipinski definition) is 0. The summed E-state index contributed by atoms with van der Waals surface area (Å²) in [5, 5.41) is 0. The molecule has 2 aromatic carbocycles. The van der Waals surface area contributed by atoms with Crippen LogP contribution in [0.25, 0.3) is 0 Å². The lowest BCUT2D eigenvalue weighted by Crippen LogP contribution is -2.37. The van der Waals surface area contributed by atoms with Gasteiger partial charge >= 0.3 is 6.09 Å². The zero-order valence-electron chi connectivity index (χ0n) is 15.1. The van der Waals surface area contributed by atoms with Crippen molar-refractivity contribution in [1.82, 2.24) is 4.90 Å². The first-order chi connectivity index (χ1) is 12.6. The highest BCUT2D eigenvalue weighted by atomic mass is 16.6. The lowest BCUT2D eigenvalue weighted by Gasteiger charge is -2.25. The van der Waals surface area contributed by atoms with Gasteiger partial charge in [-0.3, -0.25) is 4.79 Å². The second-order valence-corrected chi connectivity index (χ2v) is 7.53. The largest absolute Gasteiger partial charge is 0.446 e. The van der Waals surface area contributed by atoms with Gasteiger partial charge < -0.3 is 4.74 Å². The normalized spacial score (nSPS) is 27.5. The molecule has 2 aliphatic rings. The topological polar surface area (TPSA) is 46.6 Å². The minimum atomic E-state index is -0.526. The fourth-order valence-corrected chi connectivity index (χ4v) is 4.38. The summed E-state index contributed by atoms with van der Waals surface area (Å²) in [7, 11) is 0. The molecule has 1 saturated carbocycles. The molecule has 2 fully saturated rings. The monoisotopic (exact) mass is 349 g/mol. The maximum atomic E-state index is 13.3. The Hall–Kier alpha value is -2.62. The SMILES string of the molecule is CC(C)[C@]1(c2ccccc2)C[C@@H]1C(=O)N1C(=O)OC[C@@H]1c1ccccc1. The van der Waals surface area contributed by atoms with Crippen LogP contribution in [0.3, 0.4) is 0 Å². The highest BCUT2D eigenvalue weighted by Crippen LogP contribution is 2.60. The molecule has 2 aromatic rings. The van der Waals surface area contributed by atoms with Crippen LogP contribution in [-0.4, -0.2) is 23.5 Å². The number of cyclic esters (lactones) is 1. The second kappa shape index (κ2) is 6.27. The first-order valence-electron chi connectivity index (χ1n) is 9.16. The molecule has 1 aliphatic carbocycles.